The average Bonchev–Trinajstić information content (AvgIpc) is 3.82. The van der Waals surface area contributed by atoms with Gasteiger partial charge >= 0.3 is 0 Å². The Labute approximate surface area is 351 Å². The number of nitrogens with one attached hydrogen (secondary N) is 2. The number of ether oxygens (including phenoxy) is 2. The smallest absolute Gasteiger partial charge is 0.225 e. The molecule has 4 N–H and O–H groups in total. The standard InChI is InChI=1S/C42H46Cl2N10O5/c1-27-24-53(29-13-16-33(43)34(44)23-29)51-41(27)49-36(56)10-5-19-46-35(55)17-21-58-22-18-37(57)52-20-6-7-30(25-52)54-42-38(40(45)47-26-48-42)39(50-54)28-11-14-32(15-12-28)59-31-8-3-2-4-9-31/h2-4,8-9,11-16,23,26-27,30H,5-7,10,17-22,24-25H2,1H3,(H,46,55)(H2,45,47,48)(H,49,51,56)/t27?,30-/m1/s1. The molecule has 1 saturated heterocycles. The zero-order valence-electron chi connectivity index (χ0n) is 32.7. The maximum Gasteiger partial charge on any atom is 0.225 e. The van der Waals surface area contributed by atoms with Gasteiger partial charge in [-0.05, 0) is 73.9 Å². The number of carbonyl (C=O) groups excluding carboxylic acids is 3. The first-order valence-electron chi connectivity index (χ1n) is 19.7. The normalized spacial score (nSPS) is 16.6. The van der Waals surface area contributed by atoms with Gasteiger partial charge in [0.25, 0.3) is 0 Å². The van der Waals surface area contributed by atoms with E-state index in [1.165, 1.54) is 6.33 Å². The van der Waals surface area contributed by atoms with Crippen LogP contribution < -0.4 is 26.1 Å². The first kappa shape index (κ1) is 41.4. The molecule has 0 bridgehead atoms. The van der Waals surface area contributed by atoms with Gasteiger partial charge in [-0.1, -0.05) is 48.3 Å². The second-order valence-electron chi connectivity index (χ2n) is 14.5. The number of nitrogens with two attached hydrogens (primary N) is 1. The Bertz CT molecular complexity index is 2310. The number of fused-ring (bicyclic) bond motifs is 1. The van der Waals surface area contributed by atoms with Crippen LogP contribution in [0.5, 0.6) is 11.5 Å². The summed E-state index contributed by atoms with van der Waals surface area (Å²) in [6.07, 6.45) is 4.08. The van der Waals surface area contributed by atoms with Crippen LogP contribution in [0.25, 0.3) is 22.3 Å². The number of halogens is 2. The molecule has 2 aliphatic rings. The SMILES string of the molecule is CC1CN(c2ccc(Cl)c(Cl)c2)N=C1NC(=O)CCCNC(=O)CCOCCC(=O)N1CCC[C@@H](n2nc(-c3ccc(Oc4ccccc4)cc3)c3c(N)ncnc32)C1. The highest BCUT2D eigenvalue weighted by Crippen LogP contribution is 2.35. The second-order valence-corrected chi connectivity index (χ2v) is 15.3. The van der Waals surface area contributed by atoms with Crippen LogP contribution in [-0.4, -0.2) is 87.6 Å². The number of carbonyl (C=O) groups is 3. The highest BCUT2D eigenvalue weighted by Gasteiger charge is 2.29. The lowest BCUT2D eigenvalue weighted by Gasteiger charge is -2.33. The zero-order chi connectivity index (χ0) is 41.3. The Morgan fingerprint density at radius 2 is 1.68 bits per heavy atom. The lowest BCUT2D eigenvalue weighted by Crippen LogP contribution is -2.41. The minimum Gasteiger partial charge on any atom is -0.457 e. The Balaban J connectivity index is 0.819. The van der Waals surface area contributed by atoms with Gasteiger partial charge in [0.1, 0.15) is 35.2 Å². The molecule has 3 amide bonds. The van der Waals surface area contributed by atoms with Crippen molar-refractivity contribution in [3.8, 4) is 22.8 Å². The van der Waals surface area contributed by atoms with Gasteiger partial charge in [0, 0.05) is 44.0 Å². The van der Waals surface area contributed by atoms with E-state index in [9.17, 15) is 14.4 Å². The van der Waals surface area contributed by atoms with Crippen LogP contribution in [-0.2, 0) is 19.1 Å². The van der Waals surface area contributed by atoms with Gasteiger partial charge in [-0.2, -0.15) is 10.2 Å². The molecule has 17 heteroatoms. The third-order valence-electron chi connectivity index (χ3n) is 10.2. The molecule has 1 fully saturated rings. The maximum absolute atomic E-state index is 13.3. The van der Waals surface area contributed by atoms with Crippen molar-refractivity contribution in [3.05, 3.63) is 89.2 Å². The number of amides is 3. The molecule has 7 rings (SSSR count). The van der Waals surface area contributed by atoms with E-state index >= 15 is 0 Å². The topological polar surface area (TPSA) is 182 Å². The third kappa shape index (κ3) is 10.5. The number of piperidine rings is 1. The number of benzene rings is 3. The number of amidine groups is 1. The number of nitrogens with zero attached hydrogens (tertiary/aromatic N) is 7. The van der Waals surface area contributed by atoms with Crippen LogP contribution in [0, 0.1) is 5.92 Å². The van der Waals surface area contributed by atoms with E-state index in [4.69, 9.17) is 43.5 Å². The predicted molar refractivity (Wildman–Crippen MR) is 227 cm³/mol. The number of aromatic nitrogens is 4. The number of likely N-dealkylation sites (tertiary alicyclic amines) is 1. The quantitative estimate of drug-likeness (QED) is 0.0970. The summed E-state index contributed by atoms with van der Waals surface area (Å²) in [4.78, 5) is 48.9. The molecule has 4 heterocycles. The first-order valence-corrected chi connectivity index (χ1v) is 20.4. The first-order chi connectivity index (χ1) is 28.6. The van der Waals surface area contributed by atoms with Crippen LogP contribution in [0.4, 0.5) is 11.5 Å². The Hall–Kier alpha value is -5.77. The fraction of sp³-hybridized carbons (Fsp3) is 0.357. The highest BCUT2D eigenvalue weighted by atomic mass is 35.5. The molecule has 308 valence electrons. The molecule has 0 saturated carbocycles. The van der Waals surface area contributed by atoms with Crippen molar-refractivity contribution in [1.82, 2.24) is 35.3 Å². The molecule has 2 aliphatic heterocycles. The molecule has 59 heavy (non-hydrogen) atoms. The maximum atomic E-state index is 13.3. The minimum absolute atomic E-state index is 0.0183. The lowest BCUT2D eigenvalue weighted by molar-refractivity contribution is -0.134. The number of para-hydroxylation sites is 1. The Morgan fingerprint density at radius 1 is 0.898 bits per heavy atom. The van der Waals surface area contributed by atoms with Gasteiger partial charge in [-0.25, -0.2) is 14.6 Å². The number of hydrogen-bond acceptors (Lipinski definition) is 11. The van der Waals surface area contributed by atoms with Crippen LogP contribution in [0.15, 0.2) is 84.2 Å². The largest absolute Gasteiger partial charge is 0.457 e. The van der Waals surface area contributed by atoms with Crippen molar-refractivity contribution >= 4 is 69.3 Å². The summed E-state index contributed by atoms with van der Waals surface area (Å²) < 4.78 is 13.5. The summed E-state index contributed by atoms with van der Waals surface area (Å²) in [5, 5.41) is 18.6. The number of hydrogen-bond donors (Lipinski definition) is 3. The fourth-order valence-corrected chi connectivity index (χ4v) is 7.36. The van der Waals surface area contributed by atoms with Crippen LogP contribution in [0.2, 0.25) is 10.0 Å². The fourth-order valence-electron chi connectivity index (χ4n) is 7.07. The van der Waals surface area contributed by atoms with Crippen LogP contribution in [0.3, 0.4) is 0 Å². The van der Waals surface area contributed by atoms with Crippen molar-refractivity contribution in [1.29, 1.82) is 0 Å². The van der Waals surface area contributed by atoms with Crippen molar-refractivity contribution in [2.45, 2.75) is 51.5 Å². The monoisotopic (exact) mass is 840 g/mol. The molecule has 5 aromatic rings. The number of rotatable bonds is 15. The van der Waals surface area contributed by atoms with Crippen LogP contribution >= 0.6 is 23.2 Å². The van der Waals surface area contributed by atoms with Gasteiger partial charge in [-0.15, -0.1) is 0 Å². The Morgan fingerprint density at radius 3 is 2.47 bits per heavy atom. The van der Waals surface area contributed by atoms with E-state index < -0.39 is 0 Å². The third-order valence-corrected chi connectivity index (χ3v) is 10.9. The summed E-state index contributed by atoms with van der Waals surface area (Å²) in [7, 11) is 0. The van der Waals surface area contributed by atoms with Gasteiger partial charge < -0.3 is 30.7 Å². The van der Waals surface area contributed by atoms with E-state index in [0.717, 1.165) is 29.8 Å². The van der Waals surface area contributed by atoms with Crippen LogP contribution in [0.1, 0.15) is 51.5 Å². The van der Waals surface area contributed by atoms with Crippen molar-refractivity contribution in [2.24, 2.45) is 11.0 Å². The lowest BCUT2D eigenvalue weighted by atomic mass is 10.1. The second kappa shape index (κ2) is 19.3. The van der Waals surface area contributed by atoms with E-state index in [1.54, 1.807) is 17.1 Å². The van der Waals surface area contributed by atoms with E-state index in [2.05, 4.69) is 25.7 Å². The minimum atomic E-state index is -0.187. The molecule has 0 radical (unpaired) electrons. The molecular formula is C42H46Cl2N10O5. The summed E-state index contributed by atoms with van der Waals surface area (Å²) in [6, 6.07) is 22.4. The molecule has 2 atom stereocenters. The van der Waals surface area contributed by atoms with Crippen molar-refractivity contribution in [3.63, 3.8) is 0 Å². The van der Waals surface area contributed by atoms with Gasteiger partial charge in [0.2, 0.25) is 17.7 Å². The van der Waals surface area contributed by atoms with Gasteiger partial charge in [0.15, 0.2) is 5.65 Å². The summed E-state index contributed by atoms with van der Waals surface area (Å²) in [6.45, 7) is 4.40. The predicted octanol–water partition coefficient (Wildman–Crippen LogP) is 6.62. The number of hydrazone groups is 1. The summed E-state index contributed by atoms with van der Waals surface area (Å²) in [5.41, 5.74) is 9.28. The highest BCUT2D eigenvalue weighted by molar-refractivity contribution is 6.42. The van der Waals surface area contributed by atoms with E-state index in [-0.39, 0.29) is 62.2 Å². The van der Waals surface area contributed by atoms with Crippen molar-refractivity contribution < 1.29 is 23.9 Å². The van der Waals surface area contributed by atoms with E-state index in [0.29, 0.717) is 76.8 Å². The molecular weight excluding hydrogens is 795 g/mol. The molecule has 15 nitrogen and oxygen atoms in total. The molecule has 1 unspecified atom stereocenters. The number of nitrogen functional groups attached to an aromatic ring is 1. The zero-order valence-corrected chi connectivity index (χ0v) is 34.2. The van der Waals surface area contributed by atoms with Gasteiger partial charge in [-0.3, -0.25) is 19.4 Å². The molecule has 3 aromatic carbocycles. The molecule has 0 spiro atoms. The summed E-state index contributed by atoms with van der Waals surface area (Å²) in [5.74, 6) is 1.97. The summed E-state index contributed by atoms with van der Waals surface area (Å²) >= 11 is 12.2. The van der Waals surface area contributed by atoms with E-state index in [1.807, 2.05) is 77.2 Å². The molecule has 2 aromatic heterocycles. The Kier molecular flexibility index (Phi) is 13.6. The number of anilines is 2. The average molecular weight is 842 g/mol. The van der Waals surface area contributed by atoms with Gasteiger partial charge in [0.05, 0.1) is 53.3 Å². The van der Waals surface area contributed by atoms with Crippen molar-refractivity contribution in [2.75, 3.05) is 50.1 Å². The molecule has 0 aliphatic carbocycles.